The summed E-state index contributed by atoms with van der Waals surface area (Å²) < 4.78 is 0. The lowest BCUT2D eigenvalue weighted by molar-refractivity contribution is 0.222. The van der Waals surface area contributed by atoms with E-state index in [1.54, 1.807) is 6.07 Å². The zero-order valence-corrected chi connectivity index (χ0v) is 13.3. The molecule has 0 amide bonds. The van der Waals surface area contributed by atoms with Crippen LogP contribution in [-0.4, -0.2) is 18.9 Å². The van der Waals surface area contributed by atoms with E-state index >= 15 is 0 Å². The van der Waals surface area contributed by atoms with Crippen LogP contribution < -0.4 is 10.6 Å². The minimum Gasteiger partial charge on any atom is -0.384 e. The van der Waals surface area contributed by atoms with Crippen molar-refractivity contribution in [3.8, 4) is 0 Å². The van der Waals surface area contributed by atoms with Crippen LogP contribution in [0.3, 0.4) is 0 Å². The molecule has 1 aliphatic rings. The standard InChI is InChI=1S/C16H24ClN3/c1-16(2)8-6-12(7-9-16)20(3)14-10-11(17)4-5-13(14)15(18)19/h4-5,10,12H,6-9H2,1-3H3,(H3,18,19). The van der Waals surface area contributed by atoms with Gasteiger partial charge in [0, 0.05) is 29.4 Å². The van der Waals surface area contributed by atoms with Crippen molar-refractivity contribution in [2.75, 3.05) is 11.9 Å². The molecule has 2 rings (SSSR count). The summed E-state index contributed by atoms with van der Waals surface area (Å²) in [6.07, 6.45) is 4.82. The maximum absolute atomic E-state index is 7.73. The lowest BCUT2D eigenvalue weighted by atomic mass is 9.75. The Labute approximate surface area is 126 Å². The van der Waals surface area contributed by atoms with Crippen LogP contribution in [-0.2, 0) is 0 Å². The van der Waals surface area contributed by atoms with Crippen molar-refractivity contribution >= 4 is 23.1 Å². The van der Waals surface area contributed by atoms with Crippen LogP contribution in [0.25, 0.3) is 0 Å². The molecule has 1 aromatic carbocycles. The van der Waals surface area contributed by atoms with Crippen LogP contribution in [0.1, 0.15) is 45.1 Å². The number of nitrogens with one attached hydrogen (secondary N) is 1. The first-order valence-corrected chi connectivity index (χ1v) is 7.55. The fourth-order valence-electron chi connectivity index (χ4n) is 2.99. The summed E-state index contributed by atoms with van der Waals surface area (Å²) in [4.78, 5) is 2.25. The second kappa shape index (κ2) is 5.65. The molecule has 0 bridgehead atoms. The molecule has 1 aliphatic carbocycles. The number of rotatable bonds is 3. The molecule has 0 aromatic heterocycles. The van der Waals surface area contributed by atoms with Gasteiger partial charge in [0.2, 0.25) is 0 Å². The van der Waals surface area contributed by atoms with Crippen LogP contribution in [0.2, 0.25) is 5.02 Å². The van der Waals surface area contributed by atoms with E-state index in [1.165, 1.54) is 25.7 Å². The molecule has 0 saturated heterocycles. The molecule has 0 heterocycles. The molecule has 110 valence electrons. The van der Waals surface area contributed by atoms with Gasteiger partial charge in [-0.15, -0.1) is 0 Å². The number of halogens is 1. The summed E-state index contributed by atoms with van der Waals surface area (Å²) in [5.41, 5.74) is 7.87. The van der Waals surface area contributed by atoms with Crippen LogP contribution in [0.5, 0.6) is 0 Å². The third kappa shape index (κ3) is 3.26. The topological polar surface area (TPSA) is 53.1 Å². The Hall–Kier alpha value is -1.22. The molecular formula is C16H24ClN3. The number of anilines is 1. The van der Waals surface area contributed by atoms with Gasteiger partial charge in [0.15, 0.2) is 0 Å². The Balaban J connectivity index is 2.23. The minimum absolute atomic E-state index is 0.0969. The van der Waals surface area contributed by atoms with E-state index in [1.807, 2.05) is 12.1 Å². The molecule has 1 saturated carbocycles. The summed E-state index contributed by atoms with van der Waals surface area (Å²) in [6.45, 7) is 4.67. The predicted octanol–water partition coefficient (Wildman–Crippen LogP) is 4.03. The van der Waals surface area contributed by atoms with Crippen LogP contribution in [0.4, 0.5) is 5.69 Å². The zero-order valence-electron chi connectivity index (χ0n) is 12.5. The van der Waals surface area contributed by atoms with Gasteiger partial charge in [-0.1, -0.05) is 25.4 Å². The molecule has 0 aliphatic heterocycles. The van der Waals surface area contributed by atoms with Crippen molar-refractivity contribution in [1.82, 2.24) is 0 Å². The number of benzene rings is 1. The highest BCUT2D eigenvalue weighted by molar-refractivity contribution is 6.31. The van der Waals surface area contributed by atoms with Gasteiger partial charge in [0.25, 0.3) is 0 Å². The number of nitrogens with zero attached hydrogens (tertiary/aromatic N) is 1. The number of amidine groups is 1. The first kappa shape index (κ1) is 15.2. The highest BCUT2D eigenvalue weighted by Gasteiger charge is 2.29. The smallest absolute Gasteiger partial charge is 0.124 e. The predicted molar refractivity (Wildman–Crippen MR) is 86.9 cm³/mol. The summed E-state index contributed by atoms with van der Waals surface area (Å²) in [5, 5.41) is 8.41. The summed E-state index contributed by atoms with van der Waals surface area (Å²) in [5.74, 6) is 0.0969. The van der Waals surface area contributed by atoms with Crippen molar-refractivity contribution in [2.24, 2.45) is 11.1 Å². The fraction of sp³-hybridized carbons (Fsp3) is 0.562. The Bertz CT molecular complexity index is 500. The first-order valence-electron chi connectivity index (χ1n) is 7.17. The van der Waals surface area contributed by atoms with Crippen molar-refractivity contribution in [1.29, 1.82) is 5.41 Å². The van der Waals surface area contributed by atoms with Gasteiger partial charge in [0.1, 0.15) is 5.84 Å². The molecule has 0 atom stereocenters. The molecule has 1 fully saturated rings. The third-order valence-corrected chi connectivity index (χ3v) is 4.72. The highest BCUT2D eigenvalue weighted by atomic mass is 35.5. The summed E-state index contributed by atoms with van der Waals surface area (Å²) in [7, 11) is 2.08. The van der Waals surface area contributed by atoms with Gasteiger partial charge in [-0.05, 0) is 49.3 Å². The first-order chi connectivity index (χ1) is 9.30. The Kier molecular flexibility index (Phi) is 4.28. The Morgan fingerprint density at radius 2 is 1.95 bits per heavy atom. The SMILES string of the molecule is CN(c1cc(Cl)ccc1C(=N)N)C1CCC(C)(C)CC1. The fourth-order valence-corrected chi connectivity index (χ4v) is 3.16. The molecule has 1 aromatic rings. The van der Waals surface area contributed by atoms with E-state index in [0.29, 0.717) is 16.5 Å². The normalized spacial score (nSPS) is 18.8. The van der Waals surface area contributed by atoms with E-state index in [-0.39, 0.29) is 5.84 Å². The van der Waals surface area contributed by atoms with Crippen molar-refractivity contribution in [3.05, 3.63) is 28.8 Å². The average molecular weight is 294 g/mol. The molecule has 0 radical (unpaired) electrons. The van der Waals surface area contributed by atoms with E-state index in [2.05, 4.69) is 25.8 Å². The number of nitrogen functional groups attached to an aromatic ring is 1. The van der Waals surface area contributed by atoms with Gasteiger partial charge >= 0.3 is 0 Å². The lowest BCUT2D eigenvalue weighted by Gasteiger charge is -2.40. The number of nitrogens with two attached hydrogens (primary N) is 1. The van der Waals surface area contributed by atoms with E-state index in [4.69, 9.17) is 22.7 Å². The monoisotopic (exact) mass is 293 g/mol. The van der Waals surface area contributed by atoms with Crippen molar-refractivity contribution in [2.45, 2.75) is 45.6 Å². The molecule has 3 nitrogen and oxygen atoms in total. The summed E-state index contributed by atoms with van der Waals surface area (Å²) in [6, 6.07) is 6.04. The highest BCUT2D eigenvalue weighted by Crippen LogP contribution is 2.38. The maximum atomic E-state index is 7.73. The Morgan fingerprint density at radius 3 is 2.50 bits per heavy atom. The summed E-state index contributed by atoms with van der Waals surface area (Å²) >= 11 is 6.11. The van der Waals surface area contributed by atoms with Crippen molar-refractivity contribution < 1.29 is 0 Å². The van der Waals surface area contributed by atoms with Crippen LogP contribution in [0, 0.1) is 10.8 Å². The van der Waals surface area contributed by atoms with Crippen LogP contribution in [0.15, 0.2) is 18.2 Å². The molecule has 0 spiro atoms. The van der Waals surface area contributed by atoms with E-state index in [9.17, 15) is 0 Å². The maximum Gasteiger partial charge on any atom is 0.124 e. The largest absolute Gasteiger partial charge is 0.384 e. The van der Waals surface area contributed by atoms with E-state index < -0.39 is 0 Å². The van der Waals surface area contributed by atoms with Gasteiger partial charge in [-0.25, -0.2) is 0 Å². The number of hydrogen-bond acceptors (Lipinski definition) is 2. The molecular weight excluding hydrogens is 270 g/mol. The third-order valence-electron chi connectivity index (χ3n) is 4.49. The van der Waals surface area contributed by atoms with Crippen LogP contribution >= 0.6 is 11.6 Å². The van der Waals surface area contributed by atoms with Gasteiger partial charge < -0.3 is 10.6 Å². The van der Waals surface area contributed by atoms with E-state index in [0.717, 1.165) is 11.3 Å². The molecule has 4 heteroatoms. The molecule has 0 unspecified atom stereocenters. The second-order valence-corrected chi connectivity index (χ2v) is 7.02. The Morgan fingerprint density at radius 1 is 1.35 bits per heavy atom. The lowest BCUT2D eigenvalue weighted by Crippen LogP contribution is -2.38. The van der Waals surface area contributed by atoms with Crippen molar-refractivity contribution in [3.63, 3.8) is 0 Å². The minimum atomic E-state index is 0.0969. The van der Waals surface area contributed by atoms with Gasteiger partial charge in [0.05, 0.1) is 0 Å². The van der Waals surface area contributed by atoms with Gasteiger partial charge in [-0.3, -0.25) is 5.41 Å². The molecule has 3 N–H and O–H groups in total. The molecule has 20 heavy (non-hydrogen) atoms. The van der Waals surface area contributed by atoms with Gasteiger partial charge in [-0.2, -0.15) is 0 Å². The average Bonchev–Trinajstić information content (AvgIpc) is 2.37. The zero-order chi connectivity index (χ0) is 14.9. The number of hydrogen-bond donors (Lipinski definition) is 2. The quantitative estimate of drug-likeness (QED) is 0.653. The second-order valence-electron chi connectivity index (χ2n) is 6.58.